The van der Waals surface area contributed by atoms with Crippen LogP contribution in [0.4, 0.5) is 0 Å². The second-order valence-corrected chi connectivity index (χ2v) is 7.74. The van der Waals surface area contributed by atoms with Crippen LogP contribution in [0.1, 0.15) is 25.8 Å². The van der Waals surface area contributed by atoms with Crippen LogP contribution < -0.4 is 4.74 Å². The Morgan fingerprint density at radius 3 is 2.14 bits per heavy atom. The van der Waals surface area contributed by atoms with E-state index in [2.05, 4.69) is 40.7 Å². The Labute approximate surface area is 173 Å². The zero-order valence-electron chi connectivity index (χ0n) is 16.4. The van der Waals surface area contributed by atoms with Crippen molar-refractivity contribution in [3.05, 3.63) is 28.2 Å². The number of hydrogen-bond donors (Lipinski definition) is 2. The van der Waals surface area contributed by atoms with Gasteiger partial charge in [-0.1, -0.05) is 29.8 Å². The molecule has 8 nitrogen and oxygen atoms in total. The van der Waals surface area contributed by atoms with Crippen molar-refractivity contribution in [3.63, 3.8) is 0 Å². The maximum atomic E-state index is 12.1. The predicted octanol–water partition coefficient (Wildman–Crippen LogP) is 2.30. The van der Waals surface area contributed by atoms with Crippen molar-refractivity contribution in [2.45, 2.75) is 26.8 Å². The molecule has 156 valence electrons. The lowest BCUT2D eigenvalue weighted by molar-refractivity contribution is -0.159. The monoisotopic (exact) mass is 458 g/mol. The molecule has 1 saturated heterocycles. The van der Waals surface area contributed by atoms with Crippen LogP contribution in [0, 0.1) is 5.92 Å². The summed E-state index contributed by atoms with van der Waals surface area (Å²) in [6, 6.07) is 6.09. The molecule has 1 aromatic carbocycles. The quantitative estimate of drug-likeness (QED) is 0.651. The highest BCUT2D eigenvalue weighted by molar-refractivity contribution is 9.10. The Hall–Kier alpha value is -2.13. The summed E-state index contributed by atoms with van der Waals surface area (Å²) in [4.78, 5) is 34.7. The molecule has 1 amide bonds. The van der Waals surface area contributed by atoms with Crippen LogP contribution in [0.25, 0.3) is 0 Å². The van der Waals surface area contributed by atoms with Crippen LogP contribution in [0.5, 0.6) is 5.75 Å². The summed E-state index contributed by atoms with van der Waals surface area (Å²) in [7, 11) is 1.70. The van der Waals surface area contributed by atoms with Crippen LogP contribution in [-0.2, 0) is 20.9 Å². The van der Waals surface area contributed by atoms with E-state index in [1.165, 1.54) is 5.56 Å². The number of halogens is 1. The molecular formula is C19H27BrN2O6. The summed E-state index contributed by atoms with van der Waals surface area (Å²) < 4.78 is 6.50. The molecule has 0 unspecified atom stereocenters. The number of piperazine rings is 1. The molecule has 0 aromatic heterocycles. The molecule has 1 heterocycles. The SMILES string of the molecule is COc1ccc(Br)cc1CN1CCN(C(=O)CC(C)C)CC1.O=C(O)C(=O)O. The van der Waals surface area contributed by atoms with Crippen molar-refractivity contribution in [2.75, 3.05) is 33.3 Å². The fourth-order valence-corrected chi connectivity index (χ4v) is 3.15. The molecule has 0 bridgehead atoms. The van der Waals surface area contributed by atoms with Gasteiger partial charge in [0.1, 0.15) is 5.75 Å². The predicted molar refractivity (Wildman–Crippen MR) is 107 cm³/mol. The molecule has 1 aliphatic rings. The molecule has 2 rings (SSSR count). The second-order valence-electron chi connectivity index (χ2n) is 6.82. The Morgan fingerprint density at radius 1 is 1.11 bits per heavy atom. The molecule has 28 heavy (non-hydrogen) atoms. The van der Waals surface area contributed by atoms with E-state index in [9.17, 15) is 4.79 Å². The molecule has 0 atom stereocenters. The van der Waals surface area contributed by atoms with Gasteiger partial charge in [-0.3, -0.25) is 9.69 Å². The normalized spacial score (nSPS) is 14.2. The number of carbonyl (C=O) groups excluding carboxylic acids is 1. The number of aliphatic carboxylic acids is 2. The molecule has 0 spiro atoms. The molecule has 1 aromatic rings. The van der Waals surface area contributed by atoms with Gasteiger partial charge in [0.2, 0.25) is 5.91 Å². The lowest BCUT2D eigenvalue weighted by Gasteiger charge is -2.35. The van der Waals surface area contributed by atoms with Crippen molar-refractivity contribution >= 4 is 33.8 Å². The minimum Gasteiger partial charge on any atom is -0.496 e. The highest BCUT2D eigenvalue weighted by Gasteiger charge is 2.22. The summed E-state index contributed by atoms with van der Waals surface area (Å²) in [5, 5.41) is 14.8. The molecule has 0 radical (unpaired) electrons. The number of benzene rings is 1. The first kappa shape index (κ1) is 23.9. The van der Waals surface area contributed by atoms with Crippen molar-refractivity contribution < 1.29 is 29.3 Å². The van der Waals surface area contributed by atoms with E-state index in [0.717, 1.165) is 42.9 Å². The maximum Gasteiger partial charge on any atom is 0.414 e. The largest absolute Gasteiger partial charge is 0.496 e. The number of ether oxygens (including phenoxy) is 1. The Balaban J connectivity index is 0.000000568. The number of carboxylic acid groups (broad SMARTS) is 2. The zero-order chi connectivity index (χ0) is 21.3. The van der Waals surface area contributed by atoms with E-state index in [-0.39, 0.29) is 5.91 Å². The van der Waals surface area contributed by atoms with E-state index >= 15 is 0 Å². The Bertz CT molecular complexity index is 675. The summed E-state index contributed by atoms with van der Waals surface area (Å²) in [5.74, 6) is -2.02. The second kappa shape index (κ2) is 11.7. The number of carbonyl (C=O) groups is 3. The highest BCUT2D eigenvalue weighted by atomic mass is 79.9. The third kappa shape index (κ3) is 8.26. The molecule has 2 N–H and O–H groups in total. The van der Waals surface area contributed by atoms with Gasteiger partial charge in [-0.15, -0.1) is 0 Å². The average molecular weight is 459 g/mol. The number of hydrogen-bond acceptors (Lipinski definition) is 5. The van der Waals surface area contributed by atoms with Gasteiger partial charge in [-0.25, -0.2) is 9.59 Å². The molecule has 1 fully saturated rings. The molecule has 0 aliphatic carbocycles. The van der Waals surface area contributed by atoms with Gasteiger partial charge in [0.15, 0.2) is 0 Å². The van der Waals surface area contributed by atoms with Crippen LogP contribution >= 0.6 is 15.9 Å². The van der Waals surface area contributed by atoms with Gasteiger partial charge in [0, 0.05) is 49.2 Å². The zero-order valence-corrected chi connectivity index (χ0v) is 17.9. The number of methoxy groups -OCH3 is 1. The molecule has 9 heteroatoms. The van der Waals surface area contributed by atoms with Gasteiger partial charge < -0.3 is 19.8 Å². The van der Waals surface area contributed by atoms with E-state index in [1.54, 1.807) is 7.11 Å². The molecule has 0 saturated carbocycles. The van der Waals surface area contributed by atoms with E-state index in [0.29, 0.717) is 12.3 Å². The summed E-state index contributed by atoms with van der Waals surface area (Å²) in [6.45, 7) is 8.51. The van der Waals surface area contributed by atoms with Gasteiger partial charge in [-0.05, 0) is 24.1 Å². The Kier molecular flexibility index (Phi) is 9.95. The van der Waals surface area contributed by atoms with Crippen LogP contribution in [0.15, 0.2) is 22.7 Å². The molecule has 1 aliphatic heterocycles. The highest BCUT2D eigenvalue weighted by Crippen LogP contribution is 2.24. The summed E-state index contributed by atoms with van der Waals surface area (Å²) >= 11 is 3.51. The topological polar surface area (TPSA) is 107 Å². The summed E-state index contributed by atoms with van der Waals surface area (Å²) in [6.07, 6.45) is 0.652. The average Bonchev–Trinajstić information content (AvgIpc) is 2.62. The molecular weight excluding hydrogens is 432 g/mol. The van der Waals surface area contributed by atoms with Crippen molar-refractivity contribution in [3.8, 4) is 5.75 Å². The number of rotatable bonds is 5. The van der Waals surface area contributed by atoms with E-state index in [4.69, 9.17) is 24.5 Å². The lowest BCUT2D eigenvalue weighted by atomic mass is 10.1. The van der Waals surface area contributed by atoms with Gasteiger partial charge in [0.05, 0.1) is 7.11 Å². The van der Waals surface area contributed by atoms with Gasteiger partial charge in [0.25, 0.3) is 0 Å². The third-order valence-electron chi connectivity index (χ3n) is 4.13. The van der Waals surface area contributed by atoms with Gasteiger partial charge >= 0.3 is 11.9 Å². The minimum atomic E-state index is -1.82. The van der Waals surface area contributed by atoms with E-state index in [1.807, 2.05) is 17.0 Å². The number of carboxylic acids is 2. The fourth-order valence-electron chi connectivity index (χ4n) is 2.75. The van der Waals surface area contributed by atoms with Crippen LogP contribution in [0.3, 0.4) is 0 Å². The minimum absolute atomic E-state index is 0.287. The van der Waals surface area contributed by atoms with Crippen molar-refractivity contribution in [2.24, 2.45) is 5.92 Å². The van der Waals surface area contributed by atoms with Gasteiger partial charge in [-0.2, -0.15) is 0 Å². The third-order valence-corrected chi connectivity index (χ3v) is 4.62. The van der Waals surface area contributed by atoms with Crippen LogP contribution in [-0.4, -0.2) is 71.1 Å². The smallest absolute Gasteiger partial charge is 0.414 e. The Morgan fingerprint density at radius 2 is 1.68 bits per heavy atom. The maximum absolute atomic E-state index is 12.1. The first-order valence-electron chi connectivity index (χ1n) is 8.92. The first-order chi connectivity index (χ1) is 13.1. The first-order valence-corrected chi connectivity index (χ1v) is 9.72. The van der Waals surface area contributed by atoms with Crippen molar-refractivity contribution in [1.29, 1.82) is 0 Å². The number of nitrogens with zero attached hydrogens (tertiary/aromatic N) is 2. The lowest BCUT2D eigenvalue weighted by Crippen LogP contribution is -2.48. The van der Waals surface area contributed by atoms with Crippen molar-refractivity contribution in [1.82, 2.24) is 9.80 Å². The van der Waals surface area contributed by atoms with Crippen LogP contribution in [0.2, 0.25) is 0 Å². The standard InChI is InChI=1S/C17H25BrN2O2.C2H2O4/c1-13(2)10-17(21)20-8-6-19(7-9-20)12-14-11-15(18)4-5-16(14)22-3;3-1(4)2(5)6/h4-5,11,13H,6-10,12H2,1-3H3;(H,3,4)(H,5,6). The number of amides is 1. The fraction of sp³-hybridized carbons (Fsp3) is 0.526. The van der Waals surface area contributed by atoms with E-state index < -0.39 is 11.9 Å². The summed E-state index contributed by atoms with van der Waals surface area (Å²) in [5.41, 5.74) is 1.18.